The summed E-state index contributed by atoms with van der Waals surface area (Å²) in [6.45, 7) is 9.57. The number of carbonyl (C=O) groups excluding carboxylic acids is 5. The van der Waals surface area contributed by atoms with Gasteiger partial charge in [-0.2, -0.15) is 0 Å². The molecule has 0 aliphatic carbocycles. The Morgan fingerprint density at radius 1 is 1.06 bits per heavy atom. The molecule has 0 spiro atoms. The first-order chi connectivity index (χ1) is 16.5. The fraction of sp³-hybridized carbons (Fsp3) is 0.542. The van der Waals surface area contributed by atoms with E-state index in [2.05, 4.69) is 15.5 Å². The van der Waals surface area contributed by atoms with E-state index in [1.165, 1.54) is 0 Å². The monoisotopic (exact) mass is 485 g/mol. The number of carbonyl (C=O) groups is 5. The number of imide groups is 2. The van der Waals surface area contributed by atoms with E-state index >= 15 is 0 Å². The minimum absolute atomic E-state index is 0.0860. The molecule has 0 aromatic heterocycles. The standard InChI is InChI=1S/C24H31N5O6/c1-24(2,3)35-23(34)28-12-10-27(11-13-28)9-8-25-15-4-5-16-17(14-15)22(33)29(21(16)32)18-6-7-19(30)26-20(18)31/h4-5,14,18,25H,6-13H2,1-3H3,(H,26,30,31). The molecule has 5 amide bonds. The SMILES string of the molecule is CC(C)(C)OC(=O)N1CCN(CCNc2ccc3c(c2)C(=O)N(C2CCC(=O)NC2=O)C3=O)CC1. The molecular formula is C24H31N5O6. The second-order valence-corrected chi connectivity index (χ2v) is 9.94. The lowest BCUT2D eigenvalue weighted by Crippen LogP contribution is -2.54. The first-order valence-electron chi connectivity index (χ1n) is 11.8. The number of piperazine rings is 1. The molecule has 2 N–H and O–H groups in total. The third-order valence-electron chi connectivity index (χ3n) is 6.22. The van der Waals surface area contributed by atoms with E-state index in [1.807, 2.05) is 20.8 Å². The minimum Gasteiger partial charge on any atom is -0.444 e. The molecule has 0 saturated carbocycles. The summed E-state index contributed by atoms with van der Waals surface area (Å²) in [4.78, 5) is 66.4. The number of nitrogens with zero attached hydrogens (tertiary/aromatic N) is 3. The van der Waals surface area contributed by atoms with Gasteiger partial charge in [-0.3, -0.25) is 34.3 Å². The van der Waals surface area contributed by atoms with Crippen molar-refractivity contribution in [2.75, 3.05) is 44.6 Å². The highest BCUT2D eigenvalue weighted by Gasteiger charge is 2.44. The molecule has 1 aromatic rings. The second kappa shape index (κ2) is 9.65. The van der Waals surface area contributed by atoms with Crippen LogP contribution in [-0.2, 0) is 14.3 Å². The second-order valence-electron chi connectivity index (χ2n) is 9.94. The van der Waals surface area contributed by atoms with E-state index in [0.29, 0.717) is 25.3 Å². The van der Waals surface area contributed by atoms with Gasteiger partial charge >= 0.3 is 6.09 Å². The summed E-state index contributed by atoms with van der Waals surface area (Å²) >= 11 is 0. The van der Waals surface area contributed by atoms with Crippen molar-refractivity contribution in [2.45, 2.75) is 45.3 Å². The van der Waals surface area contributed by atoms with Crippen molar-refractivity contribution in [1.29, 1.82) is 0 Å². The number of hydrogen-bond acceptors (Lipinski definition) is 8. The number of fused-ring (bicyclic) bond motifs is 1. The number of piperidine rings is 1. The van der Waals surface area contributed by atoms with Gasteiger partial charge in [-0.15, -0.1) is 0 Å². The van der Waals surface area contributed by atoms with E-state index in [9.17, 15) is 24.0 Å². The van der Waals surface area contributed by atoms with Gasteiger partial charge in [-0.05, 0) is 45.4 Å². The van der Waals surface area contributed by atoms with E-state index < -0.39 is 35.3 Å². The van der Waals surface area contributed by atoms with Crippen LogP contribution in [0.1, 0.15) is 54.3 Å². The average molecular weight is 486 g/mol. The fourth-order valence-corrected chi connectivity index (χ4v) is 4.42. The molecule has 3 aliphatic rings. The first kappa shape index (κ1) is 24.6. The van der Waals surface area contributed by atoms with Gasteiger partial charge in [0.1, 0.15) is 11.6 Å². The number of amides is 5. The largest absolute Gasteiger partial charge is 0.444 e. The number of ether oxygens (including phenoxy) is 1. The van der Waals surface area contributed by atoms with Crippen molar-refractivity contribution in [2.24, 2.45) is 0 Å². The lowest BCUT2D eigenvalue weighted by Gasteiger charge is -2.35. The summed E-state index contributed by atoms with van der Waals surface area (Å²) < 4.78 is 5.43. The van der Waals surface area contributed by atoms with Crippen LogP contribution >= 0.6 is 0 Å². The normalized spacial score (nSPS) is 21.2. The highest BCUT2D eigenvalue weighted by atomic mass is 16.6. The van der Waals surface area contributed by atoms with Crippen LogP contribution < -0.4 is 10.6 Å². The Balaban J connectivity index is 1.29. The molecular weight excluding hydrogens is 454 g/mol. The Kier molecular flexibility index (Phi) is 6.79. The lowest BCUT2D eigenvalue weighted by atomic mass is 10.0. The van der Waals surface area contributed by atoms with Crippen molar-refractivity contribution in [3.05, 3.63) is 29.3 Å². The summed E-state index contributed by atoms with van der Waals surface area (Å²) in [7, 11) is 0. The van der Waals surface area contributed by atoms with Crippen molar-refractivity contribution in [3.8, 4) is 0 Å². The Labute approximate surface area is 203 Å². The Morgan fingerprint density at radius 2 is 1.74 bits per heavy atom. The van der Waals surface area contributed by atoms with Crippen LogP contribution in [0.4, 0.5) is 10.5 Å². The van der Waals surface area contributed by atoms with Crippen LogP contribution in [0.25, 0.3) is 0 Å². The van der Waals surface area contributed by atoms with Gasteiger partial charge in [0, 0.05) is 51.4 Å². The molecule has 0 bridgehead atoms. The molecule has 11 heteroatoms. The van der Waals surface area contributed by atoms with Crippen LogP contribution in [0.5, 0.6) is 0 Å². The Morgan fingerprint density at radius 3 is 2.40 bits per heavy atom. The average Bonchev–Trinajstić information content (AvgIpc) is 3.03. The van der Waals surface area contributed by atoms with Gasteiger partial charge < -0.3 is 15.0 Å². The lowest BCUT2D eigenvalue weighted by molar-refractivity contribution is -0.136. The van der Waals surface area contributed by atoms with Crippen molar-refractivity contribution in [1.82, 2.24) is 20.0 Å². The van der Waals surface area contributed by atoms with Crippen molar-refractivity contribution < 1.29 is 28.7 Å². The maximum Gasteiger partial charge on any atom is 0.410 e. The Hall–Kier alpha value is -3.47. The molecule has 4 rings (SSSR count). The number of nitrogens with one attached hydrogen (secondary N) is 2. The summed E-state index contributed by atoms with van der Waals surface area (Å²) in [6, 6.07) is 3.97. The molecule has 3 aliphatic heterocycles. The van der Waals surface area contributed by atoms with Crippen LogP contribution in [0.3, 0.4) is 0 Å². The zero-order valence-corrected chi connectivity index (χ0v) is 20.3. The predicted molar refractivity (Wildman–Crippen MR) is 126 cm³/mol. The smallest absolute Gasteiger partial charge is 0.410 e. The highest BCUT2D eigenvalue weighted by molar-refractivity contribution is 6.23. The van der Waals surface area contributed by atoms with Gasteiger partial charge in [-0.1, -0.05) is 0 Å². The Bertz CT molecular complexity index is 1060. The quantitative estimate of drug-likeness (QED) is 0.593. The summed E-state index contributed by atoms with van der Waals surface area (Å²) in [6.07, 6.45) is -0.0792. The molecule has 188 valence electrons. The maximum absolute atomic E-state index is 12.9. The third-order valence-corrected chi connectivity index (χ3v) is 6.22. The summed E-state index contributed by atoms with van der Waals surface area (Å²) in [5, 5.41) is 5.47. The maximum atomic E-state index is 12.9. The van der Waals surface area contributed by atoms with Crippen LogP contribution in [0, 0.1) is 0 Å². The zero-order chi connectivity index (χ0) is 25.3. The first-order valence-corrected chi connectivity index (χ1v) is 11.8. The number of hydrogen-bond donors (Lipinski definition) is 2. The van der Waals surface area contributed by atoms with Gasteiger partial charge in [0.2, 0.25) is 11.8 Å². The van der Waals surface area contributed by atoms with Gasteiger partial charge in [0.25, 0.3) is 11.8 Å². The molecule has 1 aromatic carbocycles. The van der Waals surface area contributed by atoms with Crippen molar-refractivity contribution in [3.63, 3.8) is 0 Å². The van der Waals surface area contributed by atoms with Crippen LogP contribution in [-0.4, -0.2) is 95.3 Å². The fourth-order valence-electron chi connectivity index (χ4n) is 4.42. The summed E-state index contributed by atoms with van der Waals surface area (Å²) in [5.41, 5.74) is 0.681. The van der Waals surface area contributed by atoms with E-state index in [0.717, 1.165) is 24.5 Å². The molecule has 1 unspecified atom stereocenters. The zero-order valence-electron chi connectivity index (χ0n) is 20.3. The van der Waals surface area contributed by atoms with E-state index in [4.69, 9.17) is 4.74 Å². The number of anilines is 1. The van der Waals surface area contributed by atoms with Crippen molar-refractivity contribution >= 4 is 35.4 Å². The van der Waals surface area contributed by atoms with Crippen LogP contribution in [0.2, 0.25) is 0 Å². The van der Waals surface area contributed by atoms with Gasteiger partial charge in [0.15, 0.2) is 0 Å². The highest BCUT2D eigenvalue weighted by Crippen LogP contribution is 2.29. The molecule has 0 radical (unpaired) electrons. The molecule has 2 saturated heterocycles. The molecule has 35 heavy (non-hydrogen) atoms. The molecule has 11 nitrogen and oxygen atoms in total. The summed E-state index contributed by atoms with van der Waals surface area (Å²) in [5.74, 6) is -2.07. The molecule has 1 atom stereocenters. The predicted octanol–water partition coefficient (Wildman–Crippen LogP) is 1.05. The van der Waals surface area contributed by atoms with E-state index in [-0.39, 0.29) is 30.1 Å². The third kappa shape index (κ3) is 5.45. The topological polar surface area (TPSA) is 128 Å². The minimum atomic E-state index is -0.976. The van der Waals surface area contributed by atoms with Crippen LogP contribution in [0.15, 0.2) is 18.2 Å². The van der Waals surface area contributed by atoms with E-state index in [1.54, 1.807) is 23.1 Å². The number of rotatable bonds is 5. The molecule has 2 fully saturated rings. The molecule has 3 heterocycles. The van der Waals surface area contributed by atoms with Gasteiger partial charge in [0.05, 0.1) is 11.1 Å². The van der Waals surface area contributed by atoms with Gasteiger partial charge in [-0.25, -0.2) is 4.79 Å². The number of benzene rings is 1.